The summed E-state index contributed by atoms with van der Waals surface area (Å²) in [4.78, 5) is 12.8. The second-order valence-corrected chi connectivity index (χ2v) is 5.12. The van der Waals surface area contributed by atoms with E-state index in [0.29, 0.717) is 5.25 Å². The predicted octanol–water partition coefficient (Wildman–Crippen LogP) is 2.30. The molecule has 1 saturated heterocycles. The fourth-order valence-corrected chi connectivity index (χ4v) is 3.17. The largest absolute Gasteiger partial charge is 0.453 e. The molecule has 0 aromatic carbocycles. The molecule has 12 heavy (non-hydrogen) atoms. The van der Waals surface area contributed by atoms with E-state index in [4.69, 9.17) is 0 Å². The summed E-state index contributed by atoms with van der Waals surface area (Å²) in [5.41, 5.74) is 0. The molecule has 1 fully saturated rings. The fraction of sp³-hybridized carbons (Fsp3) is 0.857. The molecule has 1 aliphatic rings. The molecule has 0 saturated carbocycles. The van der Waals surface area contributed by atoms with Gasteiger partial charge in [-0.05, 0) is 34.0 Å². The maximum Gasteiger partial charge on any atom is 0.409 e. The number of nitrogens with zero attached hydrogens (tertiary/aromatic N) is 1. The second kappa shape index (κ2) is 5.16. The van der Waals surface area contributed by atoms with Gasteiger partial charge < -0.3 is 9.64 Å². The lowest BCUT2D eigenvalue weighted by molar-refractivity contribution is 0.116. The lowest BCUT2D eigenvalue weighted by Crippen LogP contribution is -2.38. The molecule has 0 unspecified atom stereocenters. The molecule has 5 heteroatoms. The van der Waals surface area contributed by atoms with Crippen molar-refractivity contribution in [2.75, 3.05) is 20.2 Å². The van der Waals surface area contributed by atoms with Gasteiger partial charge >= 0.3 is 6.09 Å². The first-order valence-electron chi connectivity index (χ1n) is 3.88. The van der Waals surface area contributed by atoms with Crippen LogP contribution in [-0.4, -0.2) is 36.4 Å². The molecule has 1 aliphatic heterocycles. The van der Waals surface area contributed by atoms with E-state index in [-0.39, 0.29) is 6.09 Å². The van der Waals surface area contributed by atoms with E-state index < -0.39 is 0 Å². The van der Waals surface area contributed by atoms with Crippen molar-refractivity contribution in [2.45, 2.75) is 18.1 Å². The monoisotopic (exact) mass is 301 g/mol. The number of carbonyl (C=O) groups is 1. The Hall–Kier alpha value is 0.350. The first kappa shape index (κ1) is 10.4. The van der Waals surface area contributed by atoms with E-state index in [1.54, 1.807) is 4.90 Å². The van der Waals surface area contributed by atoms with Crippen molar-refractivity contribution in [3.8, 4) is 0 Å². The minimum atomic E-state index is -0.188. The van der Waals surface area contributed by atoms with Crippen LogP contribution in [0.2, 0.25) is 0 Å². The van der Waals surface area contributed by atoms with Crippen LogP contribution >= 0.6 is 30.1 Å². The predicted molar refractivity (Wildman–Crippen MR) is 58.6 cm³/mol. The maximum atomic E-state index is 11.1. The zero-order chi connectivity index (χ0) is 8.97. The van der Waals surface area contributed by atoms with Gasteiger partial charge in [0.25, 0.3) is 0 Å². The lowest BCUT2D eigenvalue weighted by atomic mass is 10.1. The summed E-state index contributed by atoms with van der Waals surface area (Å²) in [5, 5.41) is 0.714. The van der Waals surface area contributed by atoms with Crippen molar-refractivity contribution in [1.29, 1.82) is 0 Å². The molecule has 0 aromatic rings. The zero-order valence-corrected chi connectivity index (χ0v) is 9.93. The highest BCUT2D eigenvalue weighted by Gasteiger charge is 2.22. The van der Waals surface area contributed by atoms with Crippen LogP contribution in [0.3, 0.4) is 0 Å². The van der Waals surface area contributed by atoms with E-state index >= 15 is 0 Å². The van der Waals surface area contributed by atoms with Crippen molar-refractivity contribution < 1.29 is 9.53 Å². The molecule has 3 nitrogen and oxygen atoms in total. The zero-order valence-electron chi connectivity index (χ0n) is 6.96. The van der Waals surface area contributed by atoms with Crippen molar-refractivity contribution in [1.82, 2.24) is 4.90 Å². The van der Waals surface area contributed by atoms with Crippen molar-refractivity contribution in [3.63, 3.8) is 0 Å². The molecule has 0 bridgehead atoms. The van der Waals surface area contributed by atoms with Gasteiger partial charge in [-0.15, -0.1) is 0 Å². The van der Waals surface area contributed by atoms with Crippen LogP contribution in [0.5, 0.6) is 0 Å². The molecule has 0 N–H and O–H groups in total. The molecular formula is C7H12INO2S. The third-order valence-electron chi connectivity index (χ3n) is 2.00. The first-order chi connectivity index (χ1) is 5.77. The number of halogens is 1. The highest BCUT2D eigenvalue weighted by Crippen LogP contribution is 2.28. The smallest absolute Gasteiger partial charge is 0.409 e. The molecule has 0 aromatic heterocycles. The van der Waals surface area contributed by atoms with E-state index in [0.717, 1.165) is 25.9 Å². The van der Waals surface area contributed by atoms with Gasteiger partial charge in [0.1, 0.15) is 0 Å². The quantitative estimate of drug-likeness (QED) is 0.696. The highest BCUT2D eigenvalue weighted by molar-refractivity contribution is 14.2. The summed E-state index contributed by atoms with van der Waals surface area (Å²) in [6.07, 6.45) is 1.98. The molecule has 0 aliphatic carbocycles. The lowest BCUT2D eigenvalue weighted by Gasteiger charge is -2.29. The normalized spacial score (nSPS) is 19.3. The van der Waals surface area contributed by atoms with Gasteiger partial charge in [-0.2, -0.15) is 0 Å². The minimum Gasteiger partial charge on any atom is -0.453 e. The van der Waals surface area contributed by atoms with Crippen LogP contribution in [0.4, 0.5) is 4.79 Å². The molecule has 70 valence electrons. The average molecular weight is 301 g/mol. The van der Waals surface area contributed by atoms with Crippen LogP contribution in [0.25, 0.3) is 0 Å². The Balaban J connectivity index is 2.30. The van der Waals surface area contributed by atoms with Gasteiger partial charge in [-0.25, -0.2) is 4.79 Å². The Morgan fingerprint density at radius 3 is 2.58 bits per heavy atom. The number of ether oxygens (including phenoxy) is 1. The highest BCUT2D eigenvalue weighted by atomic mass is 127. The average Bonchev–Trinajstić information content (AvgIpc) is 2.17. The van der Waals surface area contributed by atoms with Gasteiger partial charge in [0.2, 0.25) is 0 Å². The van der Waals surface area contributed by atoms with Gasteiger partial charge in [-0.1, -0.05) is 8.93 Å². The standard InChI is InChI=1S/C7H12INO2S/c1-11-7(10)9-4-2-6(12-8)3-5-9/h6H,2-5H2,1H3. The molecular weight excluding hydrogens is 289 g/mol. The van der Waals surface area contributed by atoms with E-state index in [9.17, 15) is 4.79 Å². The number of amides is 1. The molecule has 1 heterocycles. The van der Waals surface area contributed by atoms with Gasteiger partial charge in [0.15, 0.2) is 0 Å². The van der Waals surface area contributed by atoms with Crippen LogP contribution in [0, 0.1) is 0 Å². The maximum absolute atomic E-state index is 11.1. The van der Waals surface area contributed by atoms with Gasteiger partial charge in [-0.3, -0.25) is 0 Å². The SMILES string of the molecule is COC(=O)N1CCC(SI)CC1. The number of hydrogen-bond acceptors (Lipinski definition) is 3. The number of methoxy groups -OCH3 is 1. The third-order valence-corrected chi connectivity index (χ3v) is 4.88. The summed E-state index contributed by atoms with van der Waals surface area (Å²) in [6.45, 7) is 1.68. The summed E-state index contributed by atoms with van der Waals surface area (Å²) in [5.74, 6) is 0. The van der Waals surface area contributed by atoms with E-state index in [1.165, 1.54) is 7.11 Å². The Bertz CT molecular complexity index is 159. The summed E-state index contributed by atoms with van der Waals surface area (Å²) >= 11 is 2.32. The Morgan fingerprint density at radius 2 is 2.17 bits per heavy atom. The van der Waals surface area contributed by atoms with E-state index in [2.05, 4.69) is 25.9 Å². The Morgan fingerprint density at radius 1 is 1.58 bits per heavy atom. The third kappa shape index (κ3) is 2.69. The van der Waals surface area contributed by atoms with Crippen LogP contribution in [-0.2, 0) is 4.74 Å². The number of piperidine rings is 1. The number of likely N-dealkylation sites (tertiary alicyclic amines) is 1. The van der Waals surface area contributed by atoms with Crippen LogP contribution in [0.15, 0.2) is 0 Å². The number of rotatable bonds is 1. The van der Waals surface area contributed by atoms with Crippen molar-refractivity contribution in [3.05, 3.63) is 0 Å². The van der Waals surface area contributed by atoms with Crippen LogP contribution < -0.4 is 0 Å². The van der Waals surface area contributed by atoms with E-state index in [1.807, 2.05) is 8.93 Å². The Labute approximate surface area is 88.8 Å². The van der Waals surface area contributed by atoms with Crippen LogP contribution in [0.1, 0.15) is 12.8 Å². The summed E-state index contributed by atoms with van der Waals surface area (Å²) < 4.78 is 4.64. The number of hydrogen-bond donors (Lipinski definition) is 0. The Kier molecular flexibility index (Phi) is 4.49. The molecule has 0 spiro atoms. The topological polar surface area (TPSA) is 29.5 Å². The van der Waals surface area contributed by atoms with Gasteiger partial charge in [0.05, 0.1) is 7.11 Å². The molecule has 1 rings (SSSR count). The molecule has 0 radical (unpaired) electrons. The van der Waals surface area contributed by atoms with Crippen molar-refractivity contribution in [2.24, 2.45) is 0 Å². The summed E-state index contributed by atoms with van der Waals surface area (Å²) in [7, 11) is 3.29. The molecule has 0 atom stereocenters. The first-order valence-corrected chi connectivity index (χ1v) is 7.30. The summed E-state index contributed by atoms with van der Waals surface area (Å²) in [6, 6.07) is 0. The second-order valence-electron chi connectivity index (χ2n) is 2.75. The number of carbonyl (C=O) groups excluding carboxylic acids is 1. The van der Waals surface area contributed by atoms with Crippen molar-refractivity contribution >= 4 is 36.2 Å². The fourth-order valence-electron chi connectivity index (χ4n) is 1.26. The van der Waals surface area contributed by atoms with Gasteiger partial charge in [0, 0.05) is 18.3 Å². The molecule has 1 amide bonds. The minimum absolute atomic E-state index is 0.188.